The van der Waals surface area contributed by atoms with Crippen LogP contribution in [0.15, 0.2) is 54.6 Å². The molecule has 0 spiro atoms. The monoisotopic (exact) mass is 378 g/mol. The van der Waals surface area contributed by atoms with Gasteiger partial charge in [0.15, 0.2) is 0 Å². The summed E-state index contributed by atoms with van der Waals surface area (Å²) < 4.78 is 0. The standard InChI is InChI=1S/C22H22N2O4/c1-13-8-6-7-11-15(13)18-16-17(22(2,23-18)21(27)28)20(26)24(19(16)25)12-14-9-4-3-5-10-14/h3-11,16-18,23H,12H2,1-2H3,(H,27,28). The number of hydrogen-bond donors (Lipinski definition) is 2. The van der Waals surface area contributed by atoms with Gasteiger partial charge in [0.05, 0.1) is 18.4 Å². The molecule has 28 heavy (non-hydrogen) atoms. The highest BCUT2D eigenvalue weighted by Crippen LogP contribution is 2.49. The number of fused-ring (bicyclic) bond motifs is 1. The highest BCUT2D eigenvalue weighted by Gasteiger charge is 2.66. The van der Waals surface area contributed by atoms with Crippen molar-refractivity contribution in [2.75, 3.05) is 0 Å². The molecule has 2 aromatic carbocycles. The fourth-order valence-electron chi connectivity index (χ4n) is 4.52. The number of hydrogen-bond acceptors (Lipinski definition) is 4. The van der Waals surface area contributed by atoms with Crippen LogP contribution in [0.25, 0.3) is 0 Å². The number of amides is 2. The molecule has 2 saturated heterocycles. The first-order valence-corrected chi connectivity index (χ1v) is 9.30. The Hall–Kier alpha value is -2.99. The number of aliphatic carboxylic acids is 1. The number of nitrogens with one attached hydrogen (secondary N) is 1. The molecule has 2 aliphatic rings. The minimum absolute atomic E-state index is 0.154. The number of benzene rings is 2. The van der Waals surface area contributed by atoms with Crippen LogP contribution in [0.2, 0.25) is 0 Å². The molecule has 2 heterocycles. The number of carbonyl (C=O) groups is 3. The highest BCUT2D eigenvalue weighted by molar-refractivity contribution is 6.09. The molecule has 2 fully saturated rings. The lowest BCUT2D eigenvalue weighted by molar-refractivity contribution is -0.150. The van der Waals surface area contributed by atoms with Crippen LogP contribution in [0.1, 0.15) is 29.7 Å². The van der Waals surface area contributed by atoms with E-state index in [-0.39, 0.29) is 12.5 Å². The minimum Gasteiger partial charge on any atom is -0.480 e. The Bertz CT molecular complexity index is 958. The van der Waals surface area contributed by atoms with Crippen molar-refractivity contribution in [2.45, 2.75) is 32.0 Å². The summed E-state index contributed by atoms with van der Waals surface area (Å²) in [6.45, 7) is 3.58. The van der Waals surface area contributed by atoms with Gasteiger partial charge in [0.25, 0.3) is 0 Å². The summed E-state index contributed by atoms with van der Waals surface area (Å²) in [6.07, 6.45) is 0. The molecule has 0 aliphatic carbocycles. The van der Waals surface area contributed by atoms with E-state index < -0.39 is 35.3 Å². The quantitative estimate of drug-likeness (QED) is 0.797. The highest BCUT2D eigenvalue weighted by atomic mass is 16.4. The largest absolute Gasteiger partial charge is 0.480 e. The summed E-state index contributed by atoms with van der Waals surface area (Å²) in [5.74, 6) is -3.54. The predicted molar refractivity (Wildman–Crippen MR) is 102 cm³/mol. The van der Waals surface area contributed by atoms with Crippen LogP contribution in [-0.2, 0) is 20.9 Å². The Morgan fingerprint density at radius 1 is 1.07 bits per heavy atom. The molecule has 0 bridgehead atoms. The van der Waals surface area contributed by atoms with Crippen LogP contribution in [-0.4, -0.2) is 33.3 Å². The molecule has 2 amide bonds. The van der Waals surface area contributed by atoms with Gasteiger partial charge in [-0.25, -0.2) is 0 Å². The second-order valence-corrected chi connectivity index (χ2v) is 7.74. The first-order valence-electron chi connectivity index (χ1n) is 9.30. The van der Waals surface area contributed by atoms with Crippen molar-refractivity contribution in [3.8, 4) is 0 Å². The molecule has 4 rings (SSSR count). The average molecular weight is 378 g/mol. The SMILES string of the molecule is Cc1ccccc1C1NC(C)(C(=O)O)C2C(=O)N(Cc3ccccc3)C(=O)C12. The van der Waals surface area contributed by atoms with Crippen molar-refractivity contribution < 1.29 is 19.5 Å². The lowest BCUT2D eigenvalue weighted by Gasteiger charge is -2.27. The molecular weight excluding hydrogens is 356 g/mol. The molecular formula is C22H22N2O4. The van der Waals surface area contributed by atoms with E-state index in [1.54, 1.807) is 0 Å². The van der Waals surface area contributed by atoms with Crippen LogP contribution in [0.3, 0.4) is 0 Å². The van der Waals surface area contributed by atoms with Gasteiger partial charge < -0.3 is 5.11 Å². The Labute approximate surface area is 163 Å². The number of rotatable bonds is 4. The number of aryl methyl sites for hydroxylation is 1. The molecule has 4 atom stereocenters. The number of nitrogens with zero attached hydrogens (tertiary/aromatic N) is 1. The van der Waals surface area contributed by atoms with Crippen LogP contribution in [0, 0.1) is 18.8 Å². The van der Waals surface area contributed by atoms with E-state index in [0.29, 0.717) is 0 Å². The summed E-state index contributed by atoms with van der Waals surface area (Å²) in [7, 11) is 0. The molecule has 0 radical (unpaired) electrons. The fourth-order valence-corrected chi connectivity index (χ4v) is 4.52. The summed E-state index contributed by atoms with van der Waals surface area (Å²) >= 11 is 0. The number of carboxylic acids is 1. The Balaban J connectivity index is 1.76. The Morgan fingerprint density at radius 3 is 2.36 bits per heavy atom. The number of likely N-dealkylation sites (tertiary alicyclic amines) is 1. The Kier molecular flexibility index (Phi) is 4.31. The van der Waals surface area contributed by atoms with Crippen LogP contribution < -0.4 is 5.32 Å². The van der Waals surface area contributed by atoms with E-state index in [4.69, 9.17) is 0 Å². The van der Waals surface area contributed by atoms with E-state index in [1.807, 2.05) is 61.5 Å². The number of carbonyl (C=O) groups excluding carboxylic acids is 2. The normalized spacial score (nSPS) is 29.2. The van der Waals surface area contributed by atoms with Gasteiger partial charge in [-0.2, -0.15) is 0 Å². The Morgan fingerprint density at radius 2 is 1.71 bits per heavy atom. The first-order chi connectivity index (χ1) is 13.3. The van der Waals surface area contributed by atoms with E-state index >= 15 is 0 Å². The maximum atomic E-state index is 13.3. The predicted octanol–water partition coefficient (Wildman–Crippen LogP) is 2.28. The first kappa shape index (κ1) is 18.4. The van der Waals surface area contributed by atoms with Gasteiger partial charge in [0.2, 0.25) is 11.8 Å². The lowest BCUT2D eigenvalue weighted by Crippen LogP contribution is -2.53. The number of imide groups is 1. The maximum absolute atomic E-state index is 13.3. The van der Waals surface area contributed by atoms with Gasteiger partial charge in [0, 0.05) is 6.04 Å². The van der Waals surface area contributed by atoms with Crippen molar-refractivity contribution in [1.82, 2.24) is 10.2 Å². The van der Waals surface area contributed by atoms with E-state index in [2.05, 4.69) is 5.32 Å². The van der Waals surface area contributed by atoms with Gasteiger partial charge in [-0.15, -0.1) is 0 Å². The van der Waals surface area contributed by atoms with Crippen LogP contribution >= 0.6 is 0 Å². The van der Waals surface area contributed by atoms with E-state index in [1.165, 1.54) is 11.8 Å². The maximum Gasteiger partial charge on any atom is 0.324 e. The second-order valence-electron chi connectivity index (χ2n) is 7.74. The molecule has 0 aromatic heterocycles. The summed E-state index contributed by atoms with van der Waals surface area (Å²) in [5.41, 5.74) is 1.14. The molecule has 144 valence electrons. The van der Waals surface area contributed by atoms with Gasteiger partial charge in [-0.3, -0.25) is 24.6 Å². The molecule has 0 saturated carbocycles. The summed E-state index contributed by atoms with van der Waals surface area (Å²) in [5, 5.41) is 13.0. The van der Waals surface area contributed by atoms with E-state index in [0.717, 1.165) is 16.7 Å². The zero-order chi connectivity index (χ0) is 20.1. The average Bonchev–Trinajstić information content (AvgIpc) is 3.12. The lowest BCUT2D eigenvalue weighted by atomic mass is 9.80. The van der Waals surface area contributed by atoms with Crippen LogP contribution in [0.4, 0.5) is 0 Å². The summed E-state index contributed by atoms with van der Waals surface area (Å²) in [6, 6.07) is 16.3. The molecule has 2 aromatic rings. The minimum atomic E-state index is -1.50. The van der Waals surface area contributed by atoms with Crippen molar-refractivity contribution in [1.29, 1.82) is 0 Å². The van der Waals surface area contributed by atoms with E-state index in [9.17, 15) is 19.5 Å². The zero-order valence-electron chi connectivity index (χ0n) is 15.8. The topological polar surface area (TPSA) is 86.7 Å². The van der Waals surface area contributed by atoms with Crippen molar-refractivity contribution in [3.05, 3.63) is 71.3 Å². The third-order valence-corrected chi connectivity index (χ3v) is 6.03. The third-order valence-electron chi connectivity index (χ3n) is 6.03. The van der Waals surface area contributed by atoms with Gasteiger partial charge in [-0.1, -0.05) is 54.6 Å². The molecule has 2 aliphatic heterocycles. The fraction of sp³-hybridized carbons (Fsp3) is 0.318. The van der Waals surface area contributed by atoms with Gasteiger partial charge >= 0.3 is 5.97 Å². The summed E-state index contributed by atoms with van der Waals surface area (Å²) in [4.78, 5) is 39.8. The smallest absolute Gasteiger partial charge is 0.324 e. The van der Waals surface area contributed by atoms with Gasteiger partial charge in [0.1, 0.15) is 5.54 Å². The molecule has 6 nitrogen and oxygen atoms in total. The molecule has 4 unspecified atom stereocenters. The molecule has 6 heteroatoms. The van der Waals surface area contributed by atoms with Crippen molar-refractivity contribution >= 4 is 17.8 Å². The zero-order valence-corrected chi connectivity index (χ0v) is 15.8. The second kappa shape index (κ2) is 6.56. The third kappa shape index (κ3) is 2.64. The number of carboxylic acid groups (broad SMARTS) is 1. The molecule has 2 N–H and O–H groups in total. The van der Waals surface area contributed by atoms with Crippen molar-refractivity contribution in [2.24, 2.45) is 11.8 Å². The van der Waals surface area contributed by atoms with Gasteiger partial charge in [-0.05, 0) is 30.5 Å². The van der Waals surface area contributed by atoms with Crippen molar-refractivity contribution in [3.63, 3.8) is 0 Å². The van der Waals surface area contributed by atoms with Crippen LogP contribution in [0.5, 0.6) is 0 Å².